The van der Waals surface area contributed by atoms with Crippen molar-refractivity contribution in [1.82, 2.24) is 0 Å². The van der Waals surface area contributed by atoms with Gasteiger partial charge in [0, 0.05) is 12.6 Å². The molecule has 1 aliphatic heterocycles. The average Bonchev–Trinajstić information content (AvgIpc) is 2.39. The van der Waals surface area contributed by atoms with Gasteiger partial charge in [-0.3, -0.25) is 0 Å². The van der Waals surface area contributed by atoms with E-state index in [9.17, 15) is 0 Å². The summed E-state index contributed by atoms with van der Waals surface area (Å²) < 4.78 is 5.20. The summed E-state index contributed by atoms with van der Waals surface area (Å²) in [5, 5.41) is 3.44. The maximum Gasteiger partial charge on any atom is 0.121 e. The zero-order valence-corrected chi connectivity index (χ0v) is 11.1. The minimum atomic E-state index is 0.779. The smallest absolute Gasteiger partial charge is 0.121 e. The van der Waals surface area contributed by atoms with Crippen LogP contribution in [-0.4, -0.2) is 25.2 Å². The summed E-state index contributed by atoms with van der Waals surface area (Å²) in [4.78, 5) is 0. The average molecular weight is 252 g/mol. The van der Waals surface area contributed by atoms with Crippen LogP contribution in [-0.2, 0) is 0 Å². The predicted molar refractivity (Wildman–Crippen MR) is 75.9 cm³/mol. The van der Waals surface area contributed by atoms with Crippen molar-refractivity contribution in [3.8, 4) is 5.75 Å². The Bertz CT molecular complexity index is 364. The monoisotopic (exact) mass is 252 g/mol. The van der Waals surface area contributed by atoms with Gasteiger partial charge in [0.2, 0.25) is 0 Å². The standard InChI is InChI=1S/C13H20N2OS/c1-16-11-2-3-12(14)13(8-11)15-9-10-4-6-17-7-5-10/h2-3,8,10,15H,4-7,9,14H2,1H3. The first-order valence-electron chi connectivity index (χ1n) is 6.04. The van der Waals surface area contributed by atoms with Crippen LogP contribution < -0.4 is 15.8 Å². The molecule has 3 nitrogen and oxygen atoms in total. The summed E-state index contributed by atoms with van der Waals surface area (Å²) in [5.41, 5.74) is 7.71. The van der Waals surface area contributed by atoms with E-state index in [-0.39, 0.29) is 0 Å². The molecule has 4 heteroatoms. The third-order valence-electron chi connectivity index (χ3n) is 3.18. The number of hydrogen-bond acceptors (Lipinski definition) is 4. The number of anilines is 2. The highest BCUT2D eigenvalue weighted by molar-refractivity contribution is 7.99. The third-order valence-corrected chi connectivity index (χ3v) is 4.23. The van der Waals surface area contributed by atoms with Crippen molar-refractivity contribution in [3.63, 3.8) is 0 Å². The van der Waals surface area contributed by atoms with Gasteiger partial charge >= 0.3 is 0 Å². The lowest BCUT2D eigenvalue weighted by Gasteiger charge is -2.22. The second-order valence-corrected chi connectivity index (χ2v) is 5.61. The molecule has 1 heterocycles. The van der Waals surface area contributed by atoms with Gasteiger partial charge in [0.1, 0.15) is 5.75 Å². The van der Waals surface area contributed by atoms with Crippen molar-refractivity contribution in [1.29, 1.82) is 0 Å². The summed E-state index contributed by atoms with van der Waals surface area (Å²) in [6.45, 7) is 1.01. The number of rotatable bonds is 4. The zero-order valence-electron chi connectivity index (χ0n) is 10.2. The molecule has 0 aliphatic carbocycles. The number of nitrogen functional groups attached to an aromatic ring is 1. The first kappa shape index (κ1) is 12.4. The second kappa shape index (κ2) is 6.05. The van der Waals surface area contributed by atoms with Crippen molar-refractivity contribution in [2.24, 2.45) is 5.92 Å². The van der Waals surface area contributed by atoms with Crippen LogP contribution >= 0.6 is 11.8 Å². The second-order valence-electron chi connectivity index (χ2n) is 4.39. The molecule has 1 aromatic rings. The highest BCUT2D eigenvalue weighted by Crippen LogP contribution is 2.27. The van der Waals surface area contributed by atoms with E-state index in [0.717, 1.165) is 29.6 Å². The summed E-state index contributed by atoms with van der Waals surface area (Å²) in [6, 6.07) is 5.74. The fourth-order valence-electron chi connectivity index (χ4n) is 2.02. The van der Waals surface area contributed by atoms with Gasteiger partial charge in [-0.15, -0.1) is 0 Å². The lowest BCUT2D eigenvalue weighted by atomic mass is 10.0. The molecule has 3 N–H and O–H groups in total. The summed E-state index contributed by atoms with van der Waals surface area (Å²) in [6.07, 6.45) is 2.61. The molecular formula is C13H20N2OS. The van der Waals surface area contributed by atoms with Crippen LogP contribution in [0.3, 0.4) is 0 Å². The molecule has 1 saturated heterocycles. The van der Waals surface area contributed by atoms with Gasteiger partial charge in [0.15, 0.2) is 0 Å². The number of hydrogen-bond donors (Lipinski definition) is 2. The molecule has 0 atom stereocenters. The molecule has 0 radical (unpaired) electrons. The Morgan fingerprint density at radius 1 is 1.41 bits per heavy atom. The molecule has 2 rings (SSSR count). The quantitative estimate of drug-likeness (QED) is 0.809. The van der Waals surface area contributed by atoms with Crippen molar-refractivity contribution < 1.29 is 4.74 Å². The van der Waals surface area contributed by atoms with Crippen LogP contribution in [0.2, 0.25) is 0 Å². The Labute approximate surface area is 107 Å². The number of thioether (sulfide) groups is 1. The summed E-state index contributed by atoms with van der Waals surface area (Å²) in [5.74, 6) is 4.21. The largest absolute Gasteiger partial charge is 0.497 e. The summed E-state index contributed by atoms with van der Waals surface area (Å²) in [7, 11) is 1.67. The number of ether oxygens (including phenoxy) is 1. The Morgan fingerprint density at radius 3 is 2.88 bits per heavy atom. The maximum absolute atomic E-state index is 5.94. The van der Waals surface area contributed by atoms with Gasteiger partial charge in [-0.1, -0.05) is 0 Å². The Balaban J connectivity index is 1.92. The predicted octanol–water partition coefficient (Wildman–Crippen LogP) is 2.83. The van der Waals surface area contributed by atoms with Crippen LogP contribution in [0.25, 0.3) is 0 Å². The van der Waals surface area contributed by atoms with Gasteiger partial charge in [-0.2, -0.15) is 11.8 Å². The van der Waals surface area contributed by atoms with E-state index in [1.165, 1.54) is 24.3 Å². The van der Waals surface area contributed by atoms with Crippen molar-refractivity contribution in [2.45, 2.75) is 12.8 Å². The van der Waals surface area contributed by atoms with Gasteiger partial charge in [0.25, 0.3) is 0 Å². The molecule has 1 aromatic carbocycles. The van der Waals surface area contributed by atoms with Gasteiger partial charge in [-0.05, 0) is 42.4 Å². The number of nitrogens with two attached hydrogens (primary N) is 1. The number of methoxy groups -OCH3 is 1. The van der Waals surface area contributed by atoms with Crippen LogP contribution in [0.4, 0.5) is 11.4 Å². The topological polar surface area (TPSA) is 47.3 Å². The van der Waals surface area contributed by atoms with E-state index in [0.29, 0.717) is 0 Å². The minimum Gasteiger partial charge on any atom is -0.497 e. The Kier molecular flexibility index (Phi) is 4.42. The van der Waals surface area contributed by atoms with Crippen LogP contribution in [0.15, 0.2) is 18.2 Å². The molecule has 17 heavy (non-hydrogen) atoms. The third kappa shape index (κ3) is 3.46. The lowest BCUT2D eigenvalue weighted by Crippen LogP contribution is -2.19. The van der Waals surface area contributed by atoms with Crippen molar-refractivity contribution in [3.05, 3.63) is 18.2 Å². The van der Waals surface area contributed by atoms with E-state index in [2.05, 4.69) is 17.1 Å². The molecule has 94 valence electrons. The van der Waals surface area contributed by atoms with Crippen LogP contribution in [0.1, 0.15) is 12.8 Å². The Morgan fingerprint density at radius 2 is 2.18 bits per heavy atom. The highest BCUT2D eigenvalue weighted by Gasteiger charge is 2.13. The van der Waals surface area contributed by atoms with Gasteiger partial charge < -0.3 is 15.8 Å². The van der Waals surface area contributed by atoms with E-state index in [1.807, 2.05) is 18.2 Å². The van der Waals surface area contributed by atoms with E-state index in [4.69, 9.17) is 10.5 Å². The normalized spacial score (nSPS) is 16.8. The fourth-order valence-corrected chi connectivity index (χ4v) is 3.22. The molecule has 1 aliphatic rings. The Hall–Kier alpha value is -1.03. The number of benzene rings is 1. The SMILES string of the molecule is COc1ccc(N)c(NCC2CCSCC2)c1. The highest BCUT2D eigenvalue weighted by atomic mass is 32.2. The van der Waals surface area contributed by atoms with Crippen LogP contribution in [0, 0.1) is 5.92 Å². The molecule has 0 spiro atoms. The fraction of sp³-hybridized carbons (Fsp3) is 0.538. The first-order chi connectivity index (χ1) is 8.29. The lowest BCUT2D eigenvalue weighted by molar-refractivity contribution is 0.415. The maximum atomic E-state index is 5.94. The van der Waals surface area contributed by atoms with Crippen molar-refractivity contribution in [2.75, 3.05) is 36.2 Å². The van der Waals surface area contributed by atoms with Crippen LogP contribution in [0.5, 0.6) is 5.75 Å². The summed E-state index contributed by atoms with van der Waals surface area (Å²) >= 11 is 2.06. The van der Waals surface area contributed by atoms with Gasteiger partial charge in [0.05, 0.1) is 18.5 Å². The molecule has 0 unspecified atom stereocenters. The van der Waals surface area contributed by atoms with E-state index < -0.39 is 0 Å². The molecular weight excluding hydrogens is 232 g/mol. The minimum absolute atomic E-state index is 0.779. The molecule has 0 saturated carbocycles. The first-order valence-corrected chi connectivity index (χ1v) is 7.20. The van der Waals surface area contributed by atoms with Crippen molar-refractivity contribution >= 4 is 23.1 Å². The molecule has 0 aromatic heterocycles. The van der Waals surface area contributed by atoms with Gasteiger partial charge in [-0.25, -0.2) is 0 Å². The zero-order chi connectivity index (χ0) is 12.1. The van der Waals surface area contributed by atoms with E-state index >= 15 is 0 Å². The molecule has 0 bridgehead atoms. The molecule has 1 fully saturated rings. The molecule has 0 amide bonds. The number of nitrogens with one attached hydrogen (secondary N) is 1. The van der Waals surface area contributed by atoms with E-state index in [1.54, 1.807) is 7.11 Å².